The summed E-state index contributed by atoms with van der Waals surface area (Å²) in [5.74, 6) is 2.21. The molecule has 0 amide bonds. The normalized spacial score (nSPS) is 15.5. The molecule has 0 atom stereocenters. The van der Waals surface area contributed by atoms with Crippen LogP contribution in [-0.4, -0.2) is 47.8 Å². The SMILES string of the molecule is CC(C)CCCCNc1nc(N)nc(N2CCOCC2)n1. The molecule has 2 rings (SSSR count). The number of rotatable bonds is 7. The molecule has 1 aromatic heterocycles. The van der Waals surface area contributed by atoms with Crippen LogP contribution in [0.4, 0.5) is 17.8 Å². The lowest BCUT2D eigenvalue weighted by Gasteiger charge is -2.26. The molecule has 0 aliphatic carbocycles. The van der Waals surface area contributed by atoms with Crippen LogP contribution in [0.1, 0.15) is 33.1 Å². The summed E-state index contributed by atoms with van der Waals surface area (Å²) in [5.41, 5.74) is 5.78. The standard InChI is InChI=1S/C14H26N6O/c1-11(2)5-3-4-6-16-13-17-12(15)18-14(19-13)20-7-9-21-10-8-20/h11H,3-10H2,1-2H3,(H3,15,16,17,18,19). The number of hydrogen-bond donors (Lipinski definition) is 2. The number of aromatic nitrogens is 3. The van der Waals surface area contributed by atoms with Crippen molar-refractivity contribution in [2.75, 3.05) is 48.8 Å². The molecule has 21 heavy (non-hydrogen) atoms. The molecule has 7 nitrogen and oxygen atoms in total. The maximum atomic E-state index is 5.78. The average Bonchev–Trinajstić information content (AvgIpc) is 2.47. The molecule has 118 valence electrons. The molecule has 1 fully saturated rings. The summed E-state index contributed by atoms with van der Waals surface area (Å²) >= 11 is 0. The van der Waals surface area contributed by atoms with Gasteiger partial charge in [0.05, 0.1) is 13.2 Å². The van der Waals surface area contributed by atoms with Gasteiger partial charge in [-0.2, -0.15) is 15.0 Å². The second kappa shape index (κ2) is 7.97. The van der Waals surface area contributed by atoms with Crippen molar-refractivity contribution in [2.24, 2.45) is 5.92 Å². The molecule has 2 heterocycles. The van der Waals surface area contributed by atoms with Gasteiger partial charge in [-0.3, -0.25) is 0 Å². The van der Waals surface area contributed by atoms with Gasteiger partial charge in [-0.15, -0.1) is 0 Å². The van der Waals surface area contributed by atoms with Crippen LogP contribution in [0.25, 0.3) is 0 Å². The number of nitrogens with two attached hydrogens (primary N) is 1. The minimum atomic E-state index is 0.260. The summed E-state index contributed by atoms with van der Waals surface area (Å²) in [4.78, 5) is 14.9. The van der Waals surface area contributed by atoms with Gasteiger partial charge in [0.15, 0.2) is 0 Å². The fourth-order valence-electron chi connectivity index (χ4n) is 2.24. The Kier molecular flexibility index (Phi) is 5.98. The van der Waals surface area contributed by atoms with Crippen molar-refractivity contribution < 1.29 is 4.74 Å². The van der Waals surface area contributed by atoms with Gasteiger partial charge in [0.2, 0.25) is 17.8 Å². The topological polar surface area (TPSA) is 89.2 Å². The number of anilines is 3. The van der Waals surface area contributed by atoms with E-state index in [9.17, 15) is 0 Å². The first-order valence-electron chi connectivity index (χ1n) is 7.73. The Bertz CT molecular complexity index is 433. The Morgan fingerprint density at radius 1 is 1.19 bits per heavy atom. The van der Waals surface area contributed by atoms with Crippen LogP contribution in [0.15, 0.2) is 0 Å². The van der Waals surface area contributed by atoms with E-state index in [-0.39, 0.29) is 5.95 Å². The summed E-state index contributed by atoms with van der Waals surface area (Å²) < 4.78 is 5.33. The molecule has 1 saturated heterocycles. The zero-order valence-corrected chi connectivity index (χ0v) is 13.0. The number of nitrogens with zero attached hydrogens (tertiary/aromatic N) is 4. The molecule has 0 aromatic carbocycles. The van der Waals surface area contributed by atoms with Crippen molar-refractivity contribution >= 4 is 17.8 Å². The van der Waals surface area contributed by atoms with Gasteiger partial charge in [-0.1, -0.05) is 26.7 Å². The maximum absolute atomic E-state index is 5.78. The van der Waals surface area contributed by atoms with Crippen LogP contribution in [0.2, 0.25) is 0 Å². The molecule has 1 aliphatic heterocycles. The third-order valence-electron chi connectivity index (χ3n) is 3.43. The first-order valence-corrected chi connectivity index (χ1v) is 7.73. The number of nitrogens with one attached hydrogen (secondary N) is 1. The van der Waals surface area contributed by atoms with Crippen LogP contribution < -0.4 is 16.0 Å². The summed E-state index contributed by atoms with van der Waals surface area (Å²) in [6.07, 6.45) is 3.57. The molecule has 0 saturated carbocycles. The maximum Gasteiger partial charge on any atom is 0.232 e. The van der Waals surface area contributed by atoms with E-state index in [1.165, 1.54) is 12.8 Å². The zero-order valence-electron chi connectivity index (χ0n) is 13.0. The Morgan fingerprint density at radius 2 is 1.95 bits per heavy atom. The van der Waals surface area contributed by atoms with Gasteiger partial charge in [0.25, 0.3) is 0 Å². The second-order valence-corrected chi connectivity index (χ2v) is 5.73. The van der Waals surface area contributed by atoms with Gasteiger partial charge in [0, 0.05) is 19.6 Å². The zero-order chi connectivity index (χ0) is 15.1. The second-order valence-electron chi connectivity index (χ2n) is 5.73. The van der Waals surface area contributed by atoms with Crippen LogP contribution in [0, 0.1) is 5.92 Å². The lowest BCUT2D eigenvalue weighted by molar-refractivity contribution is 0.122. The van der Waals surface area contributed by atoms with E-state index in [1.807, 2.05) is 0 Å². The first-order chi connectivity index (χ1) is 10.1. The third-order valence-corrected chi connectivity index (χ3v) is 3.43. The van der Waals surface area contributed by atoms with E-state index in [4.69, 9.17) is 10.5 Å². The van der Waals surface area contributed by atoms with E-state index in [0.717, 1.165) is 32.0 Å². The highest BCUT2D eigenvalue weighted by atomic mass is 16.5. The molecule has 0 radical (unpaired) electrons. The van der Waals surface area contributed by atoms with Crippen LogP contribution in [-0.2, 0) is 4.74 Å². The van der Waals surface area contributed by atoms with Gasteiger partial charge < -0.3 is 20.7 Å². The Labute approximate surface area is 126 Å². The van der Waals surface area contributed by atoms with Crippen molar-refractivity contribution in [3.63, 3.8) is 0 Å². The molecule has 1 aromatic rings. The largest absolute Gasteiger partial charge is 0.378 e. The van der Waals surface area contributed by atoms with Gasteiger partial charge in [-0.05, 0) is 12.3 Å². The van der Waals surface area contributed by atoms with Crippen molar-refractivity contribution in [3.8, 4) is 0 Å². The monoisotopic (exact) mass is 294 g/mol. The molecular formula is C14H26N6O. The van der Waals surface area contributed by atoms with Crippen molar-refractivity contribution in [2.45, 2.75) is 33.1 Å². The van der Waals surface area contributed by atoms with E-state index >= 15 is 0 Å². The first kappa shape index (κ1) is 15.8. The van der Waals surface area contributed by atoms with Crippen molar-refractivity contribution in [3.05, 3.63) is 0 Å². The number of unbranched alkanes of at least 4 members (excludes halogenated alkanes) is 1. The summed E-state index contributed by atoms with van der Waals surface area (Å²) in [6.45, 7) is 8.32. The van der Waals surface area contributed by atoms with E-state index in [2.05, 4.69) is 39.0 Å². The van der Waals surface area contributed by atoms with Gasteiger partial charge >= 0.3 is 0 Å². The number of morpholine rings is 1. The van der Waals surface area contributed by atoms with E-state index in [1.54, 1.807) is 0 Å². The summed E-state index contributed by atoms with van der Waals surface area (Å²) in [6, 6.07) is 0. The molecule has 7 heteroatoms. The van der Waals surface area contributed by atoms with Gasteiger partial charge in [0.1, 0.15) is 0 Å². The summed E-state index contributed by atoms with van der Waals surface area (Å²) in [7, 11) is 0. The fraction of sp³-hybridized carbons (Fsp3) is 0.786. The number of hydrogen-bond acceptors (Lipinski definition) is 7. The van der Waals surface area contributed by atoms with Gasteiger partial charge in [-0.25, -0.2) is 0 Å². The summed E-state index contributed by atoms with van der Waals surface area (Å²) in [5, 5.41) is 3.24. The molecule has 1 aliphatic rings. The fourth-order valence-corrected chi connectivity index (χ4v) is 2.24. The molecule has 0 spiro atoms. The quantitative estimate of drug-likeness (QED) is 0.737. The average molecular weight is 294 g/mol. The minimum Gasteiger partial charge on any atom is -0.378 e. The lowest BCUT2D eigenvalue weighted by Crippen LogP contribution is -2.37. The lowest BCUT2D eigenvalue weighted by atomic mass is 10.1. The van der Waals surface area contributed by atoms with Crippen LogP contribution in [0.5, 0.6) is 0 Å². The minimum absolute atomic E-state index is 0.260. The smallest absolute Gasteiger partial charge is 0.232 e. The highest BCUT2D eigenvalue weighted by molar-refractivity contribution is 5.42. The molecule has 3 N–H and O–H groups in total. The highest BCUT2D eigenvalue weighted by Gasteiger charge is 2.15. The predicted octanol–water partition coefficient (Wildman–Crippen LogP) is 1.53. The van der Waals surface area contributed by atoms with Crippen LogP contribution >= 0.6 is 0 Å². The number of ether oxygens (including phenoxy) is 1. The van der Waals surface area contributed by atoms with Crippen molar-refractivity contribution in [1.29, 1.82) is 0 Å². The Morgan fingerprint density at radius 3 is 2.67 bits per heavy atom. The number of nitrogen functional groups attached to an aromatic ring is 1. The van der Waals surface area contributed by atoms with Crippen molar-refractivity contribution in [1.82, 2.24) is 15.0 Å². The third kappa shape index (κ3) is 5.34. The molecule has 0 bridgehead atoms. The Balaban J connectivity index is 1.86. The predicted molar refractivity (Wildman–Crippen MR) is 84.5 cm³/mol. The molecule has 0 unspecified atom stereocenters. The van der Waals surface area contributed by atoms with E-state index in [0.29, 0.717) is 25.1 Å². The van der Waals surface area contributed by atoms with E-state index < -0.39 is 0 Å². The molecular weight excluding hydrogens is 268 g/mol. The van der Waals surface area contributed by atoms with Crippen LogP contribution in [0.3, 0.4) is 0 Å². The highest BCUT2D eigenvalue weighted by Crippen LogP contribution is 2.14. The Hall–Kier alpha value is -1.63.